The second-order valence-corrected chi connectivity index (χ2v) is 7.97. The minimum Gasteiger partial charge on any atom is -0.368 e. The molecule has 1 aromatic rings. The van der Waals surface area contributed by atoms with Gasteiger partial charge in [-0.1, -0.05) is 27.7 Å². The number of piperazine rings is 1. The van der Waals surface area contributed by atoms with Crippen LogP contribution in [-0.2, 0) is 9.59 Å². The molecule has 154 valence electrons. The van der Waals surface area contributed by atoms with Gasteiger partial charge in [-0.3, -0.25) is 19.7 Å². The Morgan fingerprint density at radius 2 is 1.64 bits per heavy atom. The largest absolute Gasteiger partial charge is 0.368 e. The third-order valence-electron chi connectivity index (χ3n) is 4.86. The maximum atomic E-state index is 12.9. The van der Waals surface area contributed by atoms with Gasteiger partial charge in [0.25, 0.3) is 5.69 Å². The Labute approximate surface area is 166 Å². The standard InChI is InChI=1S/C20H30N4O4/c1-14(2)13-18(25)21-19(15(3)4)20(26)23-11-9-22(10-12-23)16-5-7-17(8-6-16)24(27)28/h5-8,14-15,19H,9-13H2,1-4H3,(H,21,25). The first-order valence-corrected chi connectivity index (χ1v) is 9.76. The topological polar surface area (TPSA) is 95.8 Å². The molecule has 0 aromatic heterocycles. The molecule has 1 heterocycles. The summed E-state index contributed by atoms with van der Waals surface area (Å²) in [5.41, 5.74) is 0.970. The first-order chi connectivity index (χ1) is 13.2. The van der Waals surface area contributed by atoms with Gasteiger partial charge in [0.05, 0.1) is 4.92 Å². The van der Waals surface area contributed by atoms with Crippen molar-refractivity contribution in [3.8, 4) is 0 Å². The van der Waals surface area contributed by atoms with Gasteiger partial charge in [0.1, 0.15) is 6.04 Å². The molecule has 28 heavy (non-hydrogen) atoms. The van der Waals surface area contributed by atoms with Crippen LogP contribution in [0.2, 0.25) is 0 Å². The summed E-state index contributed by atoms with van der Waals surface area (Å²) >= 11 is 0. The van der Waals surface area contributed by atoms with Crippen molar-refractivity contribution in [2.75, 3.05) is 31.1 Å². The molecule has 0 aliphatic carbocycles. The lowest BCUT2D eigenvalue weighted by Gasteiger charge is -2.38. The molecule has 8 heteroatoms. The molecule has 0 bridgehead atoms. The average Bonchev–Trinajstić information content (AvgIpc) is 2.65. The molecular weight excluding hydrogens is 360 g/mol. The molecule has 1 atom stereocenters. The fourth-order valence-electron chi connectivity index (χ4n) is 3.28. The second kappa shape index (κ2) is 9.52. The number of hydrogen-bond acceptors (Lipinski definition) is 5. The summed E-state index contributed by atoms with van der Waals surface area (Å²) in [5.74, 6) is 0.117. The van der Waals surface area contributed by atoms with E-state index in [1.165, 1.54) is 12.1 Å². The highest BCUT2D eigenvalue weighted by Crippen LogP contribution is 2.21. The van der Waals surface area contributed by atoms with Gasteiger partial charge < -0.3 is 15.1 Å². The molecule has 1 aromatic carbocycles. The third kappa shape index (κ3) is 5.68. The predicted molar refractivity (Wildman–Crippen MR) is 108 cm³/mol. The Morgan fingerprint density at radius 3 is 2.11 bits per heavy atom. The lowest BCUT2D eigenvalue weighted by Crippen LogP contribution is -2.56. The Hall–Kier alpha value is -2.64. The number of hydrogen-bond donors (Lipinski definition) is 1. The van der Waals surface area contributed by atoms with Crippen LogP contribution in [0.3, 0.4) is 0 Å². The predicted octanol–water partition coefficient (Wildman–Crippen LogP) is 2.43. The number of nitrogens with zero attached hydrogens (tertiary/aromatic N) is 3. The van der Waals surface area contributed by atoms with Gasteiger partial charge in [0.2, 0.25) is 11.8 Å². The second-order valence-electron chi connectivity index (χ2n) is 7.97. The molecular formula is C20H30N4O4. The van der Waals surface area contributed by atoms with Crippen molar-refractivity contribution in [3.05, 3.63) is 34.4 Å². The SMILES string of the molecule is CC(C)CC(=O)NC(C(=O)N1CCN(c2ccc([N+](=O)[O-])cc2)CC1)C(C)C. The van der Waals surface area contributed by atoms with E-state index in [0.717, 1.165) is 5.69 Å². The maximum absolute atomic E-state index is 12.9. The first kappa shape index (κ1) is 21.7. The van der Waals surface area contributed by atoms with Crippen LogP contribution in [0, 0.1) is 22.0 Å². The highest BCUT2D eigenvalue weighted by atomic mass is 16.6. The Kier molecular flexibility index (Phi) is 7.37. The summed E-state index contributed by atoms with van der Waals surface area (Å²) in [6.07, 6.45) is 0.407. The molecule has 1 aliphatic rings. The lowest BCUT2D eigenvalue weighted by molar-refractivity contribution is -0.384. The van der Waals surface area contributed by atoms with Gasteiger partial charge in [-0.05, 0) is 24.0 Å². The molecule has 1 N–H and O–H groups in total. The maximum Gasteiger partial charge on any atom is 0.269 e. The third-order valence-corrected chi connectivity index (χ3v) is 4.86. The molecule has 1 unspecified atom stereocenters. The fourth-order valence-corrected chi connectivity index (χ4v) is 3.28. The van der Waals surface area contributed by atoms with E-state index in [-0.39, 0.29) is 29.3 Å². The van der Waals surface area contributed by atoms with Gasteiger partial charge in [-0.15, -0.1) is 0 Å². The molecule has 1 aliphatic heterocycles. The number of nitro benzene ring substituents is 1. The number of nitro groups is 1. The van der Waals surface area contributed by atoms with E-state index in [9.17, 15) is 19.7 Å². The summed E-state index contributed by atoms with van der Waals surface area (Å²) in [6, 6.07) is 5.94. The normalized spacial score (nSPS) is 15.6. The van der Waals surface area contributed by atoms with Gasteiger partial charge in [0, 0.05) is 50.4 Å². The van der Waals surface area contributed by atoms with Crippen molar-refractivity contribution < 1.29 is 14.5 Å². The summed E-state index contributed by atoms with van der Waals surface area (Å²) in [5, 5.41) is 13.7. The van der Waals surface area contributed by atoms with Gasteiger partial charge >= 0.3 is 0 Å². The van der Waals surface area contributed by atoms with Crippen LogP contribution >= 0.6 is 0 Å². The smallest absolute Gasteiger partial charge is 0.269 e. The highest BCUT2D eigenvalue weighted by molar-refractivity contribution is 5.88. The van der Waals surface area contributed by atoms with Crippen LogP contribution < -0.4 is 10.2 Å². The van der Waals surface area contributed by atoms with E-state index in [0.29, 0.717) is 32.6 Å². The van der Waals surface area contributed by atoms with Crippen molar-refractivity contribution >= 4 is 23.2 Å². The summed E-state index contributed by atoms with van der Waals surface area (Å²) < 4.78 is 0. The number of carbonyl (C=O) groups is 2. The van der Waals surface area contributed by atoms with Crippen LogP contribution in [0.1, 0.15) is 34.1 Å². The number of benzene rings is 1. The quantitative estimate of drug-likeness (QED) is 0.570. The van der Waals surface area contributed by atoms with Crippen LogP contribution in [0.15, 0.2) is 24.3 Å². The number of rotatable bonds is 7. The number of non-ortho nitro benzene ring substituents is 1. The zero-order valence-corrected chi connectivity index (χ0v) is 17.1. The van der Waals surface area contributed by atoms with Gasteiger partial charge in [-0.25, -0.2) is 0 Å². The number of nitrogens with one attached hydrogen (secondary N) is 1. The molecule has 0 radical (unpaired) electrons. The molecule has 2 rings (SSSR count). The van der Waals surface area contributed by atoms with Crippen LogP contribution in [-0.4, -0.2) is 53.9 Å². The van der Waals surface area contributed by atoms with Crippen LogP contribution in [0.5, 0.6) is 0 Å². The van der Waals surface area contributed by atoms with Gasteiger partial charge in [-0.2, -0.15) is 0 Å². The Morgan fingerprint density at radius 1 is 1.07 bits per heavy atom. The van der Waals surface area contributed by atoms with E-state index in [2.05, 4.69) is 10.2 Å². The molecule has 8 nitrogen and oxygen atoms in total. The highest BCUT2D eigenvalue weighted by Gasteiger charge is 2.30. The molecule has 1 fully saturated rings. The lowest BCUT2D eigenvalue weighted by atomic mass is 10.0. The van der Waals surface area contributed by atoms with E-state index in [1.54, 1.807) is 17.0 Å². The van der Waals surface area contributed by atoms with Crippen LogP contribution in [0.4, 0.5) is 11.4 Å². The van der Waals surface area contributed by atoms with Gasteiger partial charge in [0.15, 0.2) is 0 Å². The number of amides is 2. The van der Waals surface area contributed by atoms with Crippen LogP contribution in [0.25, 0.3) is 0 Å². The monoisotopic (exact) mass is 390 g/mol. The van der Waals surface area contributed by atoms with E-state index in [4.69, 9.17) is 0 Å². The van der Waals surface area contributed by atoms with Crippen molar-refractivity contribution in [1.82, 2.24) is 10.2 Å². The fraction of sp³-hybridized carbons (Fsp3) is 0.600. The summed E-state index contributed by atoms with van der Waals surface area (Å²) in [4.78, 5) is 39.3. The Balaban J connectivity index is 1.95. The molecule has 2 amide bonds. The van der Waals surface area contributed by atoms with Crippen molar-refractivity contribution in [3.63, 3.8) is 0 Å². The molecule has 0 saturated carbocycles. The molecule has 0 spiro atoms. The van der Waals surface area contributed by atoms with Crippen molar-refractivity contribution in [2.24, 2.45) is 11.8 Å². The van der Waals surface area contributed by atoms with E-state index >= 15 is 0 Å². The zero-order valence-electron chi connectivity index (χ0n) is 17.1. The average molecular weight is 390 g/mol. The minimum atomic E-state index is -0.517. The number of carbonyl (C=O) groups excluding carboxylic acids is 2. The number of anilines is 1. The van der Waals surface area contributed by atoms with Crippen molar-refractivity contribution in [2.45, 2.75) is 40.2 Å². The first-order valence-electron chi connectivity index (χ1n) is 9.76. The molecule has 1 saturated heterocycles. The van der Waals surface area contributed by atoms with E-state index < -0.39 is 11.0 Å². The summed E-state index contributed by atoms with van der Waals surface area (Å²) in [7, 11) is 0. The zero-order chi connectivity index (χ0) is 20.8. The Bertz CT molecular complexity index is 695. The minimum absolute atomic E-state index is 0.0105. The summed E-state index contributed by atoms with van der Waals surface area (Å²) in [6.45, 7) is 10.2. The van der Waals surface area contributed by atoms with E-state index in [1.807, 2.05) is 27.7 Å². The van der Waals surface area contributed by atoms with Crippen molar-refractivity contribution in [1.29, 1.82) is 0 Å².